The van der Waals surface area contributed by atoms with E-state index < -0.39 is 0 Å². The van der Waals surface area contributed by atoms with Crippen LogP contribution in [-0.2, 0) is 15.9 Å². The van der Waals surface area contributed by atoms with Gasteiger partial charge in [-0.25, -0.2) is 0 Å². The second-order valence-electron chi connectivity index (χ2n) is 5.21. The van der Waals surface area contributed by atoms with Gasteiger partial charge in [-0.1, -0.05) is 44.2 Å². The van der Waals surface area contributed by atoms with Crippen molar-refractivity contribution < 1.29 is 9.47 Å². The Hall–Kier alpha value is -1.48. The fourth-order valence-corrected chi connectivity index (χ4v) is 2.66. The van der Waals surface area contributed by atoms with Crippen LogP contribution in [0.1, 0.15) is 32.3 Å². The topological polar surface area (TPSA) is 30.5 Å². The van der Waals surface area contributed by atoms with Crippen LogP contribution in [0.25, 0.3) is 0 Å². The number of hydrogen-bond donors (Lipinski definition) is 1. The lowest BCUT2D eigenvalue weighted by Gasteiger charge is -2.27. The summed E-state index contributed by atoms with van der Waals surface area (Å²) in [6.45, 7) is 5.81. The number of nitrogens with one attached hydrogen (secondary N) is 1. The van der Waals surface area contributed by atoms with E-state index in [9.17, 15) is 0 Å². The van der Waals surface area contributed by atoms with Gasteiger partial charge in [0.2, 0.25) is 6.79 Å². The van der Waals surface area contributed by atoms with E-state index >= 15 is 0 Å². The van der Waals surface area contributed by atoms with E-state index in [1.54, 1.807) is 6.26 Å². The molecule has 0 aromatic heterocycles. The van der Waals surface area contributed by atoms with Gasteiger partial charge in [0.15, 0.2) is 0 Å². The van der Waals surface area contributed by atoms with Gasteiger partial charge in [0, 0.05) is 12.0 Å². The zero-order chi connectivity index (χ0) is 14.2. The number of rotatable bonds is 8. The third kappa shape index (κ3) is 4.01. The second-order valence-corrected chi connectivity index (χ2v) is 5.21. The first-order valence-electron chi connectivity index (χ1n) is 7.57. The number of hydrogen-bond acceptors (Lipinski definition) is 3. The van der Waals surface area contributed by atoms with Crippen molar-refractivity contribution in [3.8, 4) is 0 Å². The zero-order valence-corrected chi connectivity index (χ0v) is 12.5. The molecule has 1 N–H and O–H groups in total. The highest BCUT2D eigenvalue weighted by atomic mass is 16.7. The van der Waals surface area contributed by atoms with Gasteiger partial charge in [-0.3, -0.25) is 0 Å². The Bertz CT molecular complexity index is 416. The van der Waals surface area contributed by atoms with Crippen molar-refractivity contribution in [2.45, 2.75) is 39.2 Å². The Balaban J connectivity index is 2.11. The third-order valence-electron chi connectivity index (χ3n) is 3.74. The Kier molecular flexibility index (Phi) is 5.93. The maximum absolute atomic E-state index is 5.65. The molecule has 1 aromatic rings. The van der Waals surface area contributed by atoms with Crippen molar-refractivity contribution >= 4 is 0 Å². The molecule has 20 heavy (non-hydrogen) atoms. The average molecular weight is 275 g/mol. The summed E-state index contributed by atoms with van der Waals surface area (Å²) >= 11 is 0. The molecule has 1 aliphatic heterocycles. The lowest BCUT2D eigenvalue weighted by Crippen LogP contribution is -2.38. The van der Waals surface area contributed by atoms with Gasteiger partial charge in [0.25, 0.3) is 0 Å². The molecule has 2 rings (SSSR count). The van der Waals surface area contributed by atoms with Crippen LogP contribution in [0.15, 0.2) is 42.4 Å². The molecular formula is C17H25NO2. The summed E-state index contributed by atoms with van der Waals surface area (Å²) in [7, 11) is 0. The minimum Gasteiger partial charge on any atom is -0.462 e. The fourth-order valence-electron chi connectivity index (χ4n) is 2.66. The molecule has 3 nitrogen and oxygen atoms in total. The Morgan fingerprint density at radius 3 is 2.60 bits per heavy atom. The minimum absolute atomic E-state index is 0.330. The molecule has 0 saturated carbocycles. The van der Waals surface area contributed by atoms with Gasteiger partial charge in [0.05, 0.1) is 0 Å². The quantitative estimate of drug-likeness (QED) is 0.788. The molecule has 0 bridgehead atoms. The predicted molar refractivity (Wildman–Crippen MR) is 81.1 cm³/mol. The van der Waals surface area contributed by atoms with Crippen LogP contribution in [0.3, 0.4) is 0 Å². The number of benzene rings is 1. The first-order chi connectivity index (χ1) is 9.85. The molecule has 2 unspecified atom stereocenters. The maximum atomic E-state index is 5.65. The van der Waals surface area contributed by atoms with E-state index in [0.717, 1.165) is 31.6 Å². The van der Waals surface area contributed by atoms with E-state index in [1.807, 2.05) is 0 Å². The molecule has 0 fully saturated rings. The van der Waals surface area contributed by atoms with Crippen molar-refractivity contribution in [2.24, 2.45) is 5.92 Å². The van der Waals surface area contributed by atoms with E-state index in [0.29, 0.717) is 18.8 Å². The molecule has 1 heterocycles. The normalized spacial score (nSPS) is 17.0. The molecule has 1 aromatic carbocycles. The average Bonchev–Trinajstić information content (AvgIpc) is 3.02. The first-order valence-corrected chi connectivity index (χ1v) is 7.57. The smallest absolute Gasteiger partial charge is 0.229 e. The summed E-state index contributed by atoms with van der Waals surface area (Å²) in [4.78, 5) is 0. The highest BCUT2D eigenvalue weighted by Gasteiger charge is 2.27. The summed E-state index contributed by atoms with van der Waals surface area (Å²) in [5, 5.41) is 3.64. The molecule has 0 spiro atoms. The van der Waals surface area contributed by atoms with Crippen LogP contribution < -0.4 is 5.32 Å². The van der Waals surface area contributed by atoms with E-state index in [2.05, 4.69) is 49.5 Å². The fraction of sp³-hybridized carbons (Fsp3) is 0.529. The summed E-state index contributed by atoms with van der Waals surface area (Å²) in [5.41, 5.74) is 1.34. The van der Waals surface area contributed by atoms with Crippen LogP contribution in [0.4, 0.5) is 0 Å². The second kappa shape index (κ2) is 7.95. The van der Waals surface area contributed by atoms with Crippen molar-refractivity contribution in [1.82, 2.24) is 5.32 Å². The van der Waals surface area contributed by atoms with Crippen LogP contribution in [0, 0.1) is 5.92 Å². The summed E-state index contributed by atoms with van der Waals surface area (Å²) < 4.78 is 10.9. The summed E-state index contributed by atoms with van der Waals surface area (Å²) in [6, 6.07) is 11.0. The van der Waals surface area contributed by atoms with Crippen LogP contribution in [0.2, 0.25) is 0 Å². The number of ether oxygens (including phenoxy) is 2. The lowest BCUT2D eigenvalue weighted by atomic mass is 9.89. The maximum Gasteiger partial charge on any atom is 0.229 e. The van der Waals surface area contributed by atoms with Gasteiger partial charge < -0.3 is 14.8 Å². The molecule has 2 atom stereocenters. The molecule has 0 aliphatic carbocycles. The van der Waals surface area contributed by atoms with Crippen molar-refractivity contribution in [3.63, 3.8) is 0 Å². The summed E-state index contributed by atoms with van der Waals surface area (Å²) in [6.07, 6.45) is 4.98. The Labute approximate surface area is 122 Å². The lowest BCUT2D eigenvalue weighted by molar-refractivity contribution is 0.0665. The monoisotopic (exact) mass is 275 g/mol. The predicted octanol–water partition coefficient (Wildman–Crippen LogP) is 3.47. The third-order valence-corrected chi connectivity index (χ3v) is 3.74. The van der Waals surface area contributed by atoms with Gasteiger partial charge in [0.1, 0.15) is 12.0 Å². The molecule has 1 aliphatic rings. The highest BCUT2D eigenvalue weighted by molar-refractivity contribution is 5.18. The van der Waals surface area contributed by atoms with Crippen molar-refractivity contribution in [1.29, 1.82) is 0 Å². The van der Waals surface area contributed by atoms with E-state index in [1.165, 1.54) is 5.56 Å². The SMILES string of the molecule is CCCNC(CC)C(Cc1ccccc1)C1=COCO1. The molecule has 0 radical (unpaired) electrons. The largest absolute Gasteiger partial charge is 0.462 e. The molecule has 110 valence electrons. The first kappa shape index (κ1) is 14.9. The van der Waals surface area contributed by atoms with E-state index in [-0.39, 0.29) is 0 Å². The van der Waals surface area contributed by atoms with Crippen LogP contribution in [0.5, 0.6) is 0 Å². The van der Waals surface area contributed by atoms with Crippen molar-refractivity contribution in [2.75, 3.05) is 13.3 Å². The summed E-state index contributed by atoms with van der Waals surface area (Å²) in [5.74, 6) is 1.31. The van der Waals surface area contributed by atoms with Gasteiger partial charge >= 0.3 is 0 Å². The van der Waals surface area contributed by atoms with Gasteiger partial charge in [-0.05, 0) is 31.4 Å². The highest BCUT2D eigenvalue weighted by Crippen LogP contribution is 2.26. The van der Waals surface area contributed by atoms with Gasteiger partial charge in [-0.2, -0.15) is 0 Å². The zero-order valence-electron chi connectivity index (χ0n) is 12.5. The Morgan fingerprint density at radius 2 is 2.00 bits per heavy atom. The van der Waals surface area contributed by atoms with Crippen LogP contribution >= 0.6 is 0 Å². The van der Waals surface area contributed by atoms with Crippen molar-refractivity contribution in [3.05, 3.63) is 47.9 Å². The standard InChI is InChI=1S/C17H25NO2/c1-3-10-18-16(4-2)15(17-12-19-13-20-17)11-14-8-6-5-7-9-14/h5-9,12,15-16,18H,3-4,10-11,13H2,1-2H3. The molecular weight excluding hydrogens is 250 g/mol. The Morgan fingerprint density at radius 1 is 1.20 bits per heavy atom. The molecule has 0 amide bonds. The van der Waals surface area contributed by atoms with E-state index in [4.69, 9.17) is 9.47 Å². The van der Waals surface area contributed by atoms with Gasteiger partial charge in [-0.15, -0.1) is 0 Å². The molecule has 3 heteroatoms. The van der Waals surface area contributed by atoms with Crippen LogP contribution in [-0.4, -0.2) is 19.4 Å². The minimum atomic E-state index is 0.330. The molecule has 0 saturated heterocycles.